The molecule has 0 aromatic carbocycles. The summed E-state index contributed by atoms with van der Waals surface area (Å²) in [4.78, 5) is 12.6. The van der Waals surface area contributed by atoms with Gasteiger partial charge in [0, 0.05) is 0 Å². The van der Waals surface area contributed by atoms with E-state index in [1.807, 2.05) is 0 Å². The van der Waals surface area contributed by atoms with Gasteiger partial charge in [0.15, 0.2) is 0 Å². The average molecular weight is 350 g/mol. The van der Waals surface area contributed by atoms with Crippen LogP contribution in [0.4, 0.5) is 0 Å². The second-order valence-corrected chi connectivity index (χ2v) is 8.31. The van der Waals surface area contributed by atoms with Gasteiger partial charge in [0.1, 0.15) is 0 Å². The van der Waals surface area contributed by atoms with Crippen LogP contribution in [0.25, 0.3) is 0 Å². The maximum Gasteiger partial charge on any atom is 0.311 e. The van der Waals surface area contributed by atoms with Crippen LogP contribution < -0.4 is 0 Å². The number of methoxy groups -OCH3 is 1. The summed E-state index contributed by atoms with van der Waals surface area (Å²) in [7, 11) is 1.49. The minimum atomic E-state index is -0.415. The van der Waals surface area contributed by atoms with Crippen LogP contribution in [0.2, 0.25) is 0 Å². The summed E-state index contributed by atoms with van der Waals surface area (Å²) in [5.74, 6) is 0.561. The highest BCUT2D eigenvalue weighted by Gasteiger charge is 2.57. The lowest BCUT2D eigenvalue weighted by atomic mass is 9.46. The highest BCUT2D eigenvalue weighted by atomic mass is 16.5. The summed E-state index contributed by atoms with van der Waals surface area (Å²) >= 11 is 0. The minimum absolute atomic E-state index is 0.0141. The molecular weight excluding hydrogens is 316 g/mol. The predicted octanol–water partition coefficient (Wildman–Crippen LogP) is 3.63. The van der Waals surface area contributed by atoms with Crippen molar-refractivity contribution in [3.8, 4) is 0 Å². The molecule has 0 heterocycles. The van der Waals surface area contributed by atoms with Gasteiger partial charge in [-0.25, -0.2) is 0 Å². The van der Waals surface area contributed by atoms with Crippen molar-refractivity contribution in [3.63, 3.8) is 0 Å². The van der Waals surface area contributed by atoms with Crippen molar-refractivity contribution in [2.24, 2.45) is 22.7 Å². The van der Waals surface area contributed by atoms with Crippen molar-refractivity contribution in [2.45, 2.75) is 58.8 Å². The first-order valence-electron chi connectivity index (χ1n) is 9.49. The zero-order valence-electron chi connectivity index (χ0n) is 16.0. The number of hydrogen-bond acceptors (Lipinski definition) is 4. The lowest BCUT2D eigenvalue weighted by molar-refractivity contribution is -0.168. The average Bonchev–Trinajstić information content (AvgIpc) is 2.59. The normalized spacial score (nSPS) is 36.0. The molecule has 4 atom stereocenters. The summed E-state index contributed by atoms with van der Waals surface area (Å²) < 4.78 is 5.17. The molecule has 4 heteroatoms. The van der Waals surface area contributed by atoms with E-state index < -0.39 is 5.41 Å². The second kappa shape index (κ2) is 8.05. The third kappa shape index (κ3) is 3.70. The predicted molar refractivity (Wildman–Crippen MR) is 98.9 cm³/mol. The number of rotatable bonds is 6. The molecule has 2 N–H and O–H groups in total. The molecule has 0 unspecified atom stereocenters. The van der Waals surface area contributed by atoms with Crippen molar-refractivity contribution in [3.05, 3.63) is 23.8 Å². The standard InChI is InChI=1S/C21H34O4/c1-15-6-9-18-20(2,11-5-12-21(18,3)19(24)25-4)17(15)8-7-16(14-23)10-13-22/h10,17-18,22-23H,1,5-9,11-14H2,2-4H3/b16-10+/t17-,18-,20+,21-/m0/s1. The first-order chi connectivity index (χ1) is 11.8. The Morgan fingerprint density at radius 2 is 2.08 bits per heavy atom. The Bertz CT molecular complexity index is 538. The zero-order valence-corrected chi connectivity index (χ0v) is 16.0. The van der Waals surface area contributed by atoms with Crippen LogP contribution in [0.15, 0.2) is 23.8 Å². The fourth-order valence-electron chi connectivity index (χ4n) is 5.66. The molecule has 2 saturated carbocycles. The van der Waals surface area contributed by atoms with Gasteiger partial charge in [-0.3, -0.25) is 4.79 Å². The van der Waals surface area contributed by atoms with Crippen LogP contribution in [0.3, 0.4) is 0 Å². The number of carbonyl (C=O) groups excluding carboxylic acids is 1. The number of allylic oxidation sites excluding steroid dienone is 1. The number of hydrogen-bond donors (Lipinski definition) is 2. The molecule has 0 amide bonds. The second-order valence-electron chi connectivity index (χ2n) is 8.31. The molecule has 4 nitrogen and oxygen atoms in total. The third-order valence-corrected chi connectivity index (χ3v) is 7.01. The highest BCUT2D eigenvalue weighted by molar-refractivity contribution is 5.77. The van der Waals surface area contributed by atoms with Gasteiger partial charge in [0.2, 0.25) is 0 Å². The van der Waals surface area contributed by atoms with E-state index in [2.05, 4.69) is 20.4 Å². The van der Waals surface area contributed by atoms with Gasteiger partial charge in [-0.2, -0.15) is 0 Å². The van der Waals surface area contributed by atoms with Crippen molar-refractivity contribution < 1.29 is 19.7 Å². The van der Waals surface area contributed by atoms with Gasteiger partial charge in [0.25, 0.3) is 0 Å². The summed E-state index contributed by atoms with van der Waals surface area (Å²) in [5.41, 5.74) is 1.78. The molecule has 0 aliphatic heterocycles. The summed E-state index contributed by atoms with van der Waals surface area (Å²) in [5, 5.41) is 18.6. The van der Waals surface area contributed by atoms with E-state index >= 15 is 0 Å². The summed E-state index contributed by atoms with van der Waals surface area (Å²) in [6.45, 7) is 8.69. The molecule has 2 rings (SSSR count). The number of esters is 1. The molecule has 0 radical (unpaired) electrons. The van der Waals surface area contributed by atoms with E-state index in [0.29, 0.717) is 11.8 Å². The van der Waals surface area contributed by atoms with E-state index in [4.69, 9.17) is 9.84 Å². The van der Waals surface area contributed by atoms with Gasteiger partial charge in [-0.15, -0.1) is 0 Å². The molecule has 0 spiro atoms. The third-order valence-electron chi connectivity index (χ3n) is 7.01. The lowest BCUT2D eigenvalue weighted by Gasteiger charge is -2.57. The van der Waals surface area contributed by atoms with Crippen LogP contribution in [0.1, 0.15) is 58.8 Å². The number of aliphatic hydroxyl groups excluding tert-OH is 2. The maximum atomic E-state index is 12.6. The smallest absolute Gasteiger partial charge is 0.311 e. The Kier molecular flexibility index (Phi) is 6.50. The quantitative estimate of drug-likeness (QED) is 0.567. The fourth-order valence-corrected chi connectivity index (χ4v) is 5.66. The SMILES string of the molecule is C=C1CC[C@H]2[C@](C)(CCC[C@]2(C)C(=O)OC)[C@H]1CC/C(=C\CO)CO. The van der Waals surface area contributed by atoms with Gasteiger partial charge in [-0.1, -0.05) is 31.6 Å². The Morgan fingerprint density at radius 1 is 1.36 bits per heavy atom. The lowest BCUT2D eigenvalue weighted by Crippen LogP contribution is -2.53. The first-order valence-corrected chi connectivity index (χ1v) is 9.49. The van der Waals surface area contributed by atoms with Crippen LogP contribution >= 0.6 is 0 Å². The molecule has 0 saturated heterocycles. The van der Waals surface area contributed by atoms with Crippen molar-refractivity contribution >= 4 is 5.97 Å². The van der Waals surface area contributed by atoms with Crippen LogP contribution in [0.5, 0.6) is 0 Å². The minimum Gasteiger partial charge on any atom is -0.469 e. The molecule has 0 bridgehead atoms. The van der Waals surface area contributed by atoms with E-state index in [9.17, 15) is 9.90 Å². The topological polar surface area (TPSA) is 66.8 Å². The van der Waals surface area contributed by atoms with Crippen molar-refractivity contribution in [1.29, 1.82) is 0 Å². The van der Waals surface area contributed by atoms with Gasteiger partial charge >= 0.3 is 5.97 Å². The number of aliphatic hydroxyl groups is 2. The molecule has 142 valence electrons. The Morgan fingerprint density at radius 3 is 2.68 bits per heavy atom. The van der Waals surface area contributed by atoms with Gasteiger partial charge in [-0.05, 0) is 68.3 Å². The van der Waals surface area contributed by atoms with Crippen LogP contribution in [-0.2, 0) is 9.53 Å². The van der Waals surface area contributed by atoms with Crippen LogP contribution in [0, 0.1) is 22.7 Å². The fraction of sp³-hybridized carbons (Fsp3) is 0.762. The molecule has 25 heavy (non-hydrogen) atoms. The molecule has 2 aliphatic rings. The van der Waals surface area contributed by atoms with Gasteiger partial charge in [0.05, 0.1) is 25.7 Å². The zero-order chi connectivity index (χ0) is 18.7. The number of ether oxygens (including phenoxy) is 1. The molecule has 0 aromatic heterocycles. The van der Waals surface area contributed by atoms with E-state index in [-0.39, 0.29) is 24.6 Å². The summed E-state index contributed by atoms with van der Waals surface area (Å²) in [6.07, 6.45) is 8.35. The monoisotopic (exact) mass is 350 g/mol. The summed E-state index contributed by atoms with van der Waals surface area (Å²) in [6, 6.07) is 0. The largest absolute Gasteiger partial charge is 0.469 e. The number of fused-ring (bicyclic) bond motifs is 1. The van der Waals surface area contributed by atoms with Gasteiger partial charge < -0.3 is 14.9 Å². The molecule has 2 fully saturated rings. The van der Waals surface area contributed by atoms with Crippen LogP contribution in [-0.4, -0.2) is 36.5 Å². The molecule has 2 aliphatic carbocycles. The van der Waals surface area contributed by atoms with E-state index in [1.165, 1.54) is 12.7 Å². The van der Waals surface area contributed by atoms with Crippen molar-refractivity contribution in [2.75, 3.05) is 20.3 Å². The Balaban J connectivity index is 2.26. The van der Waals surface area contributed by atoms with E-state index in [0.717, 1.165) is 50.5 Å². The van der Waals surface area contributed by atoms with E-state index in [1.54, 1.807) is 6.08 Å². The number of carbonyl (C=O) groups is 1. The van der Waals surface area contributed by atoms with Crippen molar-refractivity contribution in [1.82, 2.24) is 0 Å². The molecule has 0 aromatic rings. The highest BCUT2D eigenvalue weighted by Crippen LogP contribution is 2.62. The molecular formula is C21H34O4. The first kappa shape index (κ1) is 20.2. The Hall–Kier alpha value is -1.13. The maximum absolute atomic E-state index is 12.6. The Labute approximate surface area is 152 Å².